The zero-order valence-electron chi connectivity index (χ0n) is 9.29. The van der Waals surface area contributed by atoms with Gasteiger partial charge in [-0.1, -0.05) is 12.1 Å². The molecule has 1 fully saturated rings. The van der Waals surface area contributed by atoms with E-state index in [1.54, 1.807) is 19.1 Å². The van der Waals surface area contributed by atoms with Crippen LogP contribution in [-0.2, 0) is 5.41 Å². The van der Waals surface area contributed by atoms with Gasteiger partial charge >= 0.3 is 6.36 Å². The van der Waals surface area contributed by atoms with E-state index in [2.05, 4.69) is 4.74 Å². The topological polar surface area (TPSA) is 29.5 Å². The van der Waals surface area contributed by atoms with E-state index in [4.69, 9.17) is 0 Å². The van der Waals surface area contributed by atoms with Gasteiger partial charge in [0.1, 0.15) is 5.75 Å². The van der Waals surface area contributed by atoms with Crippen LogP contribution in [0.15, 0.2) is 24.3 Å². The Balaban J connectivity index is 2.14. The lowest BCUT2D eigenvalue weighted by atomic mass is 9.91. The summed E-state index contributed by atoms with van der Waals surface area (Å²) in [5.41, 5.74) is 0.596. The number of aliphatic hydroxyl groups excluding tert-OH is 1. The third-order valence-electron chi connectivity index (χ3n) is 3.25. The minimum absolute atomic E-state index is 0.234. The van der Waals surface area contributed by atoms with Crippen molar-refractivity contribution >= 4 is 0 Å². The molecule has 0 aliphatic heterocycles. The summed E-state index contributed by atoms with van der Waals surface area (Å²) in [5.74, 6) is -0.234. The lowest BCUT2D eigenvalue weighted by Gasteiger charge is -2.19. The Morgan fingerprint density at radius 2 is 1.76 bits per heavy atom. The fourth-order valence-electron chi connectivity index (χ4n) is 2.07. The number of halogens is 3. The molecule has 0 spiro atoms. The second-order valence-corrected chi connectivity index (χ2v) is 4.40. The molecule has 1 aromatic carbocycles. The van der Waals surface area contributed by atoms with Crippen molar-refractivity contribution in [3.8, 4) is 5.75 Å². The standard InChI is InChI=1S/C12H13F3O2/c1-8(16)11(6-7-11)9-2-4-10(5-3-9)17-12(13,14)15/h2-5,8,16H,6-7H2,1H3. The van der Waals surface area contributed by atoms with Gasteiger partial charge in [-0.15, -0.1) is 13.2 Å². The molecule has 0 radical (unpaired) electrons. The van der Waals surface area contributed by atoms with Gasteiger partial charge in [-0.2, -0.15) is 0 Å². The Labute approximate surface area is 97.0 Å². The highest BCUT2D eigenvalue weighted by molar-refractivity contribution is 5.37. The third-order valence-corrected chi connectivity index (χ3v) is 3.25. The highest BCUT2D eigenvalue weighted by Gasteiger charge is 2.48. The molecule has 0 amide bonds. The molecule has 17 heavy (non-hydrogen) atoms. The van der Waals surface area contributed by atoms with Gasteiger partial charge in [0.15, 0.2) is 0 Å². The van der Waals surface area contributed by atoms with E-state index in [1.165, 1.54) is 12.1 Å². The van der Waals surface area contributed by atoms with Gasteiger partial charge < -0.3 is 9.84 Å². The SMILES string of the molecule is CC(O)C1(c2ccc(OC(F)(F)F)cc2)CC1. The van der Waals surface area contributed by atoms with E-state index in [0.717, 1.165) is 18.4 Å². The lowest BCUT2D eigenvalue weighted by molar-refractivity contribution is -0.274. The molecule has 5 heteroatoms. The van der Waals surface area contributed by atoms with Crippen LogP contribution in [0.3, 0.4) is 0 Å². The number of rotatable bonds is 3. The normalized spacial score (nSPS) is 19.8. The number of ether oxygens (including phenoxy) is 1. The number of hydrogen-bond donors (Lipinski definition) is 1. The van der Waals surface area contributed by atoms with Crippen molar-refractivity contribution in [3.05, 3.63) is 29.8 Å². The number of aliphatic hydroxyl groups is 1. The van der Waals surface area contributed by atoms with E-state index in [0.29, 0.717) is 0 Å². The largest absolute Gasteiger partial charge is 0.573 e. The maximum Gasteiger partial charge on any atom is 0.573 e. The van der Waals surface area contributed by atoms with E-state index < -0.39 is 12.5 Å². The fraction of sp³-hybridized carbons (Fsp3) is 0.500. The molecule has 0 heterocycles. The minimum Gasteiger partial charge on any atom is -0.406 e. The van der Waals surface area contributed by atoms with E-state index in [1.807, 2.05) is 0 Å². The molecule has 1 saturated carbocycles. The molecule has 2 rings (SSSR count). The van der Waals surface area contributed by atoms with E-state index in [-0.39, 0.29) is 11.2 Å². The zero-order valence-corrected chi connectivity index (χ0v) is 9.29. The van der Waals surface area contributed by atoms with Gasteiger partial charge in [0.2, 0.25) is 0 Å². The summed E-state index contributed by atoms with van der Waals surface area (Å²) >= 11 is 0. The fourth-order valence-corrected chi connectivity index (χ4v) is 2.07. The molecule has 0 bridgehead atoms. The molecule has 1 aliphatic rings. The van der Waals surface area contributed by atoms with Gasteiger partial charge in [-0.25, -0.2) is 0 Å². The van der Waals surface area contributed by atoms with Gasteiger partial charge in [0.05, 0.1) is 6.10 Å². The first-order valence-electron chi connectivity index (χ1n) is 5.38. The van der Waals surface area contributed by atoms with Gasteiger partial charge in [-0.3, -0.25) is 0 Å². The van der Waals surface area contributed by atoms with Crippen LogP contribution in [0, 0.1) is 0 Å². The average Bonchev–Trinajstić information content (AvgIpc) is 2.97. The summed E-state index contributed by atoms with van der Waals surface area (Å²) in [6.07, 6.45) is -3.42. The second-order valence-electron chi connectivity index (χ2n) is 4.40. The van der Waals surface area contributed by atoms with Crippen LogP contribution in [0.4, 0.5) is 13.2 Å². The number of alkyl halides is 3. The highest BCUT2D eigenvalue weighted by atomic mass is 19.4. The summed E-state index contributed by atoms with van der Waals surface area (Å²) in [6, 6.07) is 5.73. The first-order chi connectivity index (χ1) is 7.83. The molecule has 0 saturated heterocycles. The van der Waals surface area contributed by atoms with Crippen LogP contribution >= 0.6 is 0 Å². The van der Waals surface area contributed by atoms with Gasteiger partial charge in [0.25, 0.3) is 0 Å². The lowest BCUT2D eigenvalue weighted by Crippen LogP contribution is -2.22. The first kappa shape index (κ1) is 12.2. The molecule has 1 atom stereocenters. The summed E-state index contributed by atoms with van der Waals surface area (Å²) < 4.78 is 39.7. The number of benzene rings is 1. The molecular formula is C12H13F3O2. The van der Waals surface area contributed by atoms with Crippen molar-refractivity contribution in [2.45, 2.75) is 37.6 Å². The van der Waals surface area contributed by atoms with Crippen molar-refractivity contribution in [3.63, 3.8) is 0 Å². The molecule has 1 unspecified atom stereocenters. The quantitative estimate of drug-likeness (QED) is 0.888. The highest BCUT2D eigenvalue weighted by Crippen LogP contribution is 2.51. The molecule has 1 N–H and O–H groups in total. The monoisotopic (exact) mass is 246 g/mol. The molecular weight excluding hydrogens is 233 g/mol. The van der Waals surface area contributed by atoms with Crippen molar-refractivity contribution in [1.29, 1.82) is 0 Å². The molecule has 1 aliphatic carbocycles. The van der Waals surface area contributed by atoms with Crippen molar-refractivity contribution in [2.75, 3.05) is 0 Å². The summed E-state index contributed by atoms with van der Waals surface area (Å²) in [5, 5.41) is 9.64. The average molecular weight is 246 g/mol. The van der Waals surface area contributed by atoms with Crippen LogP contribution < -0.4 is 4.74 Å². The minimum atomic E-state index is -4.66. The summed E-state index contributed by atoms with van der Waals surface area (Å²) in [4.78, 5) is 0. The Morgan fingerprint density at radius 3 is 2.12 bits per heavy atom. The smallest absolute Gasteiger partial charge is 0.406 e. The zero-order chi connectivity index (χ0) is 12.7. The van der Waals surface area contributed by atoms with Crippen molar-refractivity contribution in [2.24, 2.45) is 0 Å². The Hall–Kier alpha value is -1.23. The van der Waals surface area contributed by atoms with Crippen molar-refractivity contribution < 1.29 is 23.0 Å². The van der Waals surface area contributed by atoms with Crippen LogP contribution in [0.25, 0.3) is 0 Å². The predicted octanol–water partition coefficient (Wildman–Crippen LogP) is 3.00. The maximum atomic E-state index is 12.0. The Kier molecular flexibility index (Phi) is 2.81. The van der Waals surface area contributed by atoms with Crippen molar-refractivity contribution in [1.82, 2.24) is 0 Å². The van der Waals surface area contributed by atoms with Gasteiger partial charge in [0, 0.05) is 5.41 Å². The maximum absolute atomic E-state index is 12.0. The summed E-state index contributed by atoms with van der Waals surface area (Å²) in [7, 11) is 0. The van der Waals surface area contributed by atoms with E-state index >= 15 is 0 Å². The van der Waals surface area contributed by atoms with Crippen LogP contribution in [0.5, 0.6) is 5.75 Å². The summed E-state index contributed by atoms with van der Waals surface area (Å²) in [6.45, 7) is 1.70. The Bertz CT molecular complexity index is 391. The predicted molar refractivity (Wildman–Crippen MR) is 55.7 cm³/mol. The van der Waals surface area contributed by atoms with Crippen LogP contribution in [-0.4, -0.2) is 17.6 Å². The first-order valence-corrected chi connectivity index (χ1v) is 5.38. The second kappa shape index (κ2) is 3.91. The molecule has 0 aromatic heterocycles. The number of hydrogen-bond acceptors (Lipinski definition) is 2. The Morgan fingerprint density at radius 1 is 1.24 bits per heavy atom. The molecule has 2 nitrogen and oxygen atoms in total. The third kappa shape index (κ3) is 2.54. The van der Waals surface area contributed by atoms with Crippen LogP contribution in [0.2, 0.25) is 0 Å². The van der Waals surface area contributed by atoms with E-state index in [9.17, 15) is 18.3 Å². The van der Waals surface area contributed by atoms with Crippen LogP contribution in [0.1, 0.15) is 25.3 Å². The molecule has 94 valence electrons. The molecule has 1 aromatic rings. The van der Waals surface area contributed by atoms with Gasteiger partial charge in [-0.05, 0) is 37.5 Å².